The lowest BCUT2D eigenvalue weighted by atomic mass is 10.2. The van der Waals surface area contributed by atoms with Crippen LogP contribution in [0.4, 0.5) is 8.78 Å². The Kier molecular flexibility index (Phi) is 4.06. The molecule has 3 nitrogen and oxygen atoms in total. The van der Waals surface area contributed by atoms with Gasteiger partial charge in [0.1, 0.15) is 17.4 Å². The van der Waals surface area contributed by atoms with Crippen LogP contribution in [-0.4, -0.2) is 12.0 Å². The number of aromatic nitrogens is 1. The molecule has 0 spiro atoms. The van der Waals surface area contributed by atoms with Crippen molar-refractivity contribution < 1.29 is 13.5 Å². The fraction of sp³-hybridized carbons (Fsp3) is 0.214. The van der Waals surface area contributed by atoms with Crippen molar-refractivity contribution in [3.63, 3.8) is 0 Å². The van der Waals surface area contributed by atoms with E-state index in [0.29, 0.717) is 12.4 Å². The lowest BCUT2D eigenvalue weighted by Gasteiger charge is -2.08. The zero-order valence-electron chi connectivity index (χ0n) is 10.7. The topological polar surface area (TPSA) is 34.2 Å². The van der Waals surface area contributed by atoms with Crippen molar-refractivity contribution in [2.45, 2.75) is 13.5 Å². The second kappa shape index (κ2) is 5.75. The van der Waals surface area contributed by atoms with Crippen molar-refractivity contribution in [2.75, 3.05) is 7.05 Å². The Hall–Kier alpha value is -2.01. The lowest BCUT2D eigenvalue weighted by Crippen LogP contribution is -2.06. The predicted molar refractivity (Wildman–Crippen MR) is 68.2 cm³/mol. The first-order chi connectivity index (χ1) is 9.06. The molecule has 0 aliphatic heterocycles. The van der Waals surface area contributed by atoms with Gasteiger partial charge in [0.05, 0.1) is 0 Å². The molecule has 0 aliphatic carbocycles. The number of nitrogens with zero attached hydrogens (tertiary/aromatic N) is 1. The third-order valence-electron chi connectivity index (χ3n) is 2.43. The molecule has 0 saturated heterocycles. The van der Waals surface area contributed by atoms with E-state index in [1.165, 1.54) is 0 Å². The minimum absolute atomic E-state index is 0.0889. The average Bonchev–Trinajstić information content (AvgIpc) is 2.26. The quantitative estimate of drug-likeness (QED) is 0.921. The van der Waals surface area contributed by atoms with Crippen LogP contribution in [0.1, 0.15) is 11.3 Å². The van der Waals surface area contributed by atoms with Gasteiger partial charge in [-0.15, -0.1) is 0 Å². The van der Waals surface area contributed by atoms with Crippen molar-refractivity contribution in [2.24, 2.45) is 0 Å². The Morgan fingerprint density at radius 3 is 2.42 bits per heavy atom. The smallest absolute Gasteiger partial charge is 0.219 e. The Labute approximate surface area is 110 Å². The number of aryl methyl sites for hydroxylation is 1. The highest BCUT2D eigenvalue weighted by Gasteiger charge is 2.06. The number of pyridine rings is 1. The summed E-state index contributed by atoms with van der Waals surface area (Å²) in [5.74, 6) is -0.961. The normalized spacial score (nSPS) is 10.5. The molecule has 1 aromatic heterocycles. The van der Waals surface area contributed by atoms with Crippen molar-refractivity contribution in [1.29, 1.82) is 0 Å². The molecule has 0 amide bonds. The second-order valence-corrected chi connectivity index (χ2v) is 4.19. The maximum Gasteiger partial charge on any atom is 0.219 e. The molecule has 0 unspecified atom stereocenters. The van der Waals surface area contributed by atoms with Crippen LogP contribution in [0.25, 0.3) is 0 Å². The molecule has 0 fully saturated rings. The third kappa shape index (κ3) is 3.72. The van der Waals surface area contributed by atoms with Crippen molar-refractivity contribution in [1.82, 2.24) is 10.3 Å². The van der Waals surface area contributed by atoms with Crippen LogP contribution in [0.15, 0.2) is 30.3 Å². The summed E-state index contributed by atoms with van der Waals surface area (Å²) in [5.41, 5.74) is 1.77. The van der Waals surface area contributed by atoms with Crippen LogP contribution >= 0.6 is 0 Å². The molecular formula is C14H14F2N2O. The molecule has 19 heavy (non-hydrogen) atoms. The van der Waals surface area contributed by atoms with Gasteiger partial charge in [0, 0.05) is 36.5 Å². The van der Waals surface area contributed by atoms with Crippen LogP contribution in [0.3, 0.4) is 0 Å². The minimum Gasteiger partial charge on any atom is -0.439 e. The summed E-state index contributed by atoms with van der Waals surface area (Å²) in [6, 6.07) is 6.67. The van der Waals surface area contributed by atoms with Gasteiger partial charge in [-0.3, -0.25) is 0 Å². The Morgan fingerprint density at radius 1 is 1.11 bits per heavy atom. The molecule has 2 aromatic rings. The van der Waals surface area contributed by atoms with Crippen LogP contribution in [0.5, 0.6) is 11.6 Å². The van der Waals surface area contributed by atoms with Crippen molar-refractivity contribution >= 4 is 0 Å². The number of ether oxygens (including phenoxy) is 1. The summed E-state index contributed by atoms with van der Waals surface area (Å²) in [7, 11) is 1.83. The monoisotopic (exact) mass is 264 g/mol. The van der Waals surface area contributed by atoms with Gasteiger partial charge in [-0.2, -0.15) is 0 Å². The van der Waals surface area contributed by atoms with Gasteiger partial charge in [-0.25, -0.2) is 13.8 Å². The Balaban J connectivity index is 2.27. The molecule has 2 rings (SSSR count). The number of nitrogens with one attached hydrogen (secondary N) is 1. The summed E-state index contributed by atoms with van der Waals surface area (Å²) in [4.78, 5) is 4.18. The Bertz CT molecular complexity index is 567. The second-order valence-electron chi connectivity index (χ2n) is 4.19. The summed E-state index contributed by atoms with van der Waals surface area (Å²) < 4.78 is 31.5. The molecule has 0 atom stereocenters. The van der Waals surface area contributed by atoms with E-state index < -0.39 is 11.6 Å². The summed E-state index contributed by atoms with van der Waals surface area (Å²) in [5, 5.41) is 3.02. The van der Waals surface area contributed by atoms with Crippen LogP contribution in [-0.2, 0) is 6.54 Å². The van der Waals surface area contributed by atoms with Crippen LogP contribution in [0.2, 0.25) is 0 Å². The van der Waals surface area contributed by atoms with E-state index in [-0.39, 0.29) is 5.75 Å². The fourth-order valence-electron chi connectivity index (χ4n) is 1.77. The molecule has 1 aromatic carbocycles. The average molecular weight is 264 g/mol. The van der Waals surface area contributed by atoms with Gasteiger partial charge in [0.25, 0.3) is 0 Å². The van der Waals surface area contributed by atoms with Gasteiger partial charge in [0.15, 0.2) is 0 Å². The molecule has 0 radical (unpaired) electrons. The lowest BCUT2D eigenvalue weighted by molar-refractivity contribution is 0.449. The standard InChI is InChI=1S/C14H14F2N2O/c1-9-3-10(8-17-2)4-14(18-9)19-13-6-11(15)5-12(16)7-13/h3-7,17H,8H2,1-2H3. The molecule has 5 heteroatoms. The first kappa shape index (κ1) is 13.4. The molecule has 0 saturated carbocycles. The van der Waals surface area contributed by atoms with E-state index >= 15 is 0 Å². The van der Waals surface area contributed by atoms with Gasteiger partial charge in [0.2, 0.25) is 5.88 Å². The van der Waals surface area contributed by atoms with E-state index in [9.17, 15) is 8.78 Å². The SMILES string of the molecule is CNCc1cc(C)nc(Oc2cc(F)cc(F)c2)c1. The van der Waals surface area contributed by atoms with Gasteiger partial charge in [-0.05, 0) is 25.6 Å². The van der Waals surface area contributed by atoms with E-state index in [0.717, 1.165) is 29.5 Å². The first-order valence-corrected chi connectivity index (χ1v) is 5.83. The van der Waals surface area contributed by atoms with Crippen LogP contribution < -0.4 is 10.1 Å². The zero-order chi connectivity index (χ0) is 13.8. The molecule has 1 N–H and O–H groups in total. The van der Waals surface area contributed by atoms with E-state index in [1.54, 1.807) is 6.07 Å². The minimum atomic E-state index is -0.682. The largest absolute Gasteiger partial charge is 0.439 e. The predicted octanol–water partition coefficient (Wildman–Crippen LogP) is 3.18. The van der Waals surface area contributed by atoms with Crippen molar-refractivity contribution in [3.8, 4) is 11.6 Å². The van der Waals surface area contributed by atoms with E-state index in [1.807, 2.05) is 20.0 Å². The molecule has 1 heterocycles. The van der Waals surface area contributed by atoms with Crippen LogP contribution in [0, 0.1) is 18.6 Å². The number of halogens is 2. The summed E-state index contributed by atoms with van der Waals surface area (Å²) >= 11 is 0. The van der Waals surface area contributed by atoms with Gasteiger partial charge >= 0.3 is 0 Å². The molecule has 0 bridgehead atoms. The van der Waals surface area contributed by atoms with E-state index in [4.69, 9.17) is 4.74 Å². The summed E-state index contributed by atoms with van der Waals surface area (Å²) in [6.45, 7) is 2.50. The number of hydrogen-bond donors (Lipinski definition) is 1. The maximum absolute atomic E-state index is 13.1. The summed E-state index contributed by atoms with van der Waals surface area (Å²) in [6.07, 6.45) is 0. The zero-order valence-corrected chi connectivity index (χ0v) is 10.7. The highest BCUT2D eigenvalue weighted by atomic mass is 19.1. The number of benzene rings is 1. The number of hydrogen-bond acceptors (Lipinski definition) is 3. The van der Waals surface area contributed by atoms with Gasteiger partial charge < -0.3 is 10.1 Å². The third-order valence-corrected chi connectivity index (χ3v) is 2.43. The molecule has 0 aliphatic rings. The molecular weight excluding hydrogens is 250 g/mol. The first-order valence-electron chi connectivity index (χ1n) is 5.83. The number of rotatable bonds is 4. The fourth-order valence-corrected chi connectivity index (χ4v) is 1.77. The highest BCUT2D eigenvalue weighted by Crippen LogP contribution is 2.23. The van der Waals surface area contributed by atoms with Crippen molar-refractivity contribution in [3.05, 3.63) is 53.2 Å². The molecule has 100 valence electrons. The Morgan fingerprint density at radius 2 is 1.79 bits per heavy atom. The maximum atomic E-state index is 13.1. The van der Waals surface area contributed by atoms with E-state index in [2.05, 4.69) is 10.3 Å². The van der Waals surface area contributed by atoms with Gasteiger partial charge in [-0.1, -0.05) is 0 Å². The highest BCUT2D eigenvalue weighted by molar-refractivity contribution is 5.31.